The zero-order valence-electron chi connectivity index (χ0n) is 19.5. The van der Waals surface area contributed by atoms with Gasteiger partial charge in [-0.2, -0.15) is 0 Å². The van der Waals surface area contributed by atoms with Crippen molar-refractivity contribution in [2.45, 2.75) is 98.3 Å². The van der Waals surface area contributed by atoms with Gasteiger partial charge in [-0.1, -0.05) is 52.0 Å². The van der Waals surface area contributed by atoms with Gasteiger partial charge < -0.3 is 10.0 Å². The maximum atomic E-state index is 9.69. The minimum absolute atomic E-state index is 0.407. The Hall–Kier alpha value is -0.640. The van der Waals surface area contributed by atoms with Crippen molar-refractivity contribution in [1.82, 2.24) is 10.2 Å². The van der Waals surface area contributed by atoms with Gasteiger partial charge in [-0.25, -0.2) is 0 Å². The van der Waals surface area contributed by atoms with E-state index in [-0.39, 0.29) is 0 Å². The van der Waals surface area contributed by atoms with E-state index in [0.717, 1.165) is 31.7 Å². The molecule has 0 heterocycles. The minimum atomic E-state index is -0.407. The molecule has 1 rings (SSSR count). The Bertz CT molecular complexity index is 457. The Morgan fingerprint density at radius 3 is 2.39 bits per heavy atom. The third-order valence-electron chi connectivity index (χ3n) is 6.36. The Morgan fingerprint density at radius 1 is 1.07 bits per heavy atom. The van der Waals surface area contributed by atoms with Gasteiger partial charge in [0.15, 0.2) is 0 Å². The van der Waals surface area contributed by atoms with Crippen LogP contribution in [0.4, 0.5) is 0 Å². The summed E-state index contributed by atoms with van der Waals surface area (Å²) in [6.07, 6.45) is 9.08. The van der Waals surface area contributed by atoms with Gasteiger partial charge in [0.05, 0.1) is 0 Å². The van der Waals surface area contributed by atoms with Crippen molar-refractivity contribution in [3.05, 3.63) is 24.3 Å². The molecule has 0 aromatic rings. The molecule has 0 spiro atoms. The van der Waals surface area contributed by atoms with Crippen molar-refractivity contribution in [3.8, 4) is 0 Å². The van der Waals surface area contributed by atoms with Gasteiger partial charge in [0.25, 0.3) is 0 Å². The Kier molecular flexibility index (Phi) is 12.3. The van der Waals surface area contributed by atoms with Gasteiger partial charge >= 0.3 is 0 Å². The van der Waals surface area contributed by atoms with Crippen LogP contribution >= 0.6 is 0 Å². The molecule has 0 aromatic carbocycles. The second kappa shape index (κ2) is 13.6. The van der Waals surface area contributed by atoms with Crippen LogP contribution in [-0.4, -0.2) is 41.9 Å². The average molecular weight is 393 g/mol. The van der Waals surface area contributed by atoms with E-state index in [2.05, 4.69) is 51.1 Å². The molecule has 0 aliphatic heterocycles. The fourth-order valence-electron chi connectivity index (χ4n) is 4.54. The van der Waals surface area contributed by atoms with Crippen molar-refractivity contribution in [2.75, 3.05) is 19.6 Å². The summed E-state index contributed by atoms with van der Waals surface area (Å²) < 4.78 is 0. The van der Waals surface area contributed by atoms with Crippen molar-refractivity contribution in [3.63, 3.8) is 0 Å². The Labute approximate surface area is 175 Å². The van der Waals surface area contributed by atoms with Crippen molar-refractivity contribution >= 4 is 0 Å². The number of rotatable bonds is 15. The number of hydrogen-bond acceptors (Lipinski definition) is 3. The summed E-state index contributed by atoms with van der Waals surface area (Å²) >= 11 is 0. The highest BCUT2D eigenvalue weighted by molar-refractivity contribution is 4.98. The lowest BCUT2D eigenvalue weighted by Gasteiger charge is -2.24. The molecule has 4 unspecified atom stereocenters. The largest absolute Gasteiger partial charge is 0.379 e. The second-order valence-electron chi connectivity index (χ2n) is 9.58. The summed E-state index contributed by atoms with van der Waals surface area (Å²) in [6.45, 7) is 23.0. The van der Waals surface area contributed by atoms with Crippen LogP contribution in [0.15, 0.2) is 24.3 Å². The second-order valence-corrected chi connectivity index (χ2v) is 9.58. The third-order valence-corrected chi connectivity index (χ3v) is 6.36. The van der Waals surface area contributed by atoms with Crippen LogP contribution in [0.3, 0.4) is 0 Å². The molecule has 0 bridgehead atoms. The van der Waals surface area contributed by atoms with Crippen LogP contribution in [0.1, 0.15) is 86.0 Å². The van der Waals surface area contributed by atoms with E-state index in [1.807, 2.05) is 6.92 Å². The third kappa shape index (κ3) is 10.2. The number of allylic oxidation sites excluding steroid dienone is 1. The zero-order valence-corrected chi connectivity index (χ0v) is 19.5. The molecule has 4 atom stereocenters. The van der Waals surface area contributed by atoms with Crippen LogP contribution in [0.25, 0.3) is 0 Å². The molecule has 1 aliphatic rings. The molecule has 3 heteroatoms. The lowest BCUT2D eigenvalue weighted by atomic mass is 9.94. The maximum Gasteiger partial charge on any atom is 0.102 e. The first-order valence-corrected chi connectivity index (χ1v) is 11.7. The summed E-state index contributed by atoms with van der Waals surface area (Å²) in [5.74, 6) is 2.04. The topological polar surface area (TPSA) is 35.5 Å². The fourth-order valence-corrected chi connectivity index (χ4v) is 4.54. The molecule has 0 amide bonds. The lowest BCUT2D eigenvalue weighted by Crippen LogP contribution is -2.38. The first-order valence-electron chi connectivity index (χ1n) is 11.7. The Balaban J connectivity index is 2.32. The van der Waals surface area contributed by atoms with E-state index in [4.69, 9.17) is 0 Å². The first kappa shape index (κ1) is 25.4. The van der Waals surface area contributed by atoms with E-state index in [9.17, 15) is 5.11 Å². The highest BCUT2D eigenvalue weighted by Gasteiger charge is 2.31. The smallest absolute Gasteiger partial charge is 0.102 e. The summed E-state index contributed by atoms with van der Waals surface area (Å²) in [5, 5.41) is 13.0. The predicted molar refractivity (Wildman–Crippen MR) is 123 cm³/mol. The average Bonchev–Trinajstić information content (AvgIpc) is 2.96. The van der Waals surface area contributed by atoms with Gasteiger partial charge in [0.1, 0.15) is 6.23 Å². The van der Waals surface area contributed by atoms with Crippen LogP contribution in [0.5, 0.6) is 0 Å². The van der Waals surface area contributed by atoms with E-state index in [1.165, 1.54) is 56.3 Å². The number of nitrogens with zero attached hydrogens (tertiary/aromatic N) is 1. The summed E-state index contributed by atoms with van der Waals surface area (Å²) in [7, 11) is 0. The van der Waals surface area contributed by atoms with Crippen LogP contribution < -0.4 is 5.32 Å². The van der Waals surface area contributed by atoms with Crippen LogP contribution in [0.2, 0.25) is 0 Å². The predicted octanol–water partition coefficient (Wildman–Crippen LogP) is 5.76. The molecule has 1 saturated carbocycles. The summed E-state index contributed by atoms with van der Waals surface area (Å²) in [6, 6.07) is 0.466. The quantitative estimate of drug-likeness (QED) is 0.275. The zero-order chi connectivity index (χ0) is 21.1. The standard InChI is InChI=1S/C25H48N2O/c1-8-14-27(15-9-10-22(6)19(2)3)16-13-20(4)11-12-24-17-21(5)18-25(24)26-23(7)28/h19,21,23-26,28H,4,6,8-18H2,1-3,5,7H3. The molecule has 0 radical (unpaired) electrons. The molecule has 164 valence electrons. The lowest BCUT2D eigenvalue weighted by molar-refractivity contribution is 0.129. The monoisotopic (exact) mass is 392 g/mol. The maximum absolute atomic E-state index is 9.69. The van der Waals surface area contributed by atoms with Crippen molar-refractivity contribution in [1.29, 1.82) is 0 Å². The van der Waals surface area contributed by atoms with Crippen molar-refractivity contribution < 1.29 is 5.11 Å². The van der Waals surface area contributed by atoms with Gasteiger partial charge in [-0.3, -0.25) is 5.32 Å². The summed E-state index contributed by atoms with van der Waals surface area (Å²) in [4.78, 5) is 2.61. The van der Waals surface area contributed by atoms with E-state index < -0.39 is 6.23 Å². The minimum Gasteiger partial charge on any atom is -0.379 e. The van der Waals surface area contributed by atoms with Crippen molar-refractivity contribution in [2.24, 2.45) is 17.8 Å². The summed E-state index contributed by atoms with van der Waals surface area (Å²) in [5.41, 5.74) is 2.77. The van der Waals surface area contributed by atoms with Gasteiger partial charge in [0.2, 0.25) is 0 Å². The van der Waals surface area contributed by atoms with Crippen LogP contribution in [0, 0.1) is 17.8 Å². The number of aliphatic hydroxyl groups excluding tert-OH is 1. The van der Waals surface area contributed by atoms with E-state index in [1.54, 1.807) is 0 Å². The molecule has 0 saturated heterocycles. The van der Waals surface area contributed by atoms with E-state index in [0.29, 0.717) is 17.9 Å². The molecule has 3 nitrogen and oxygen atoms in total. The number of hydrogen-bond donors (Lipinski definition) is 2. The highest BCUT2D eigenvalue weighted by Crippen LogP contribution is 2.35. The SMILES string of the molecule is C=C(CCC1CC(C)CC1NC(C)O)CCN(CCC)CCCC(=C)C(C)C. The van der Waals surface area contributed by atoms with Gasteiger partial charge in [-0.05, 0) is 89.1 Å². The molecular formula is C25H48N2O. The Morgan fingerprint density at radius 2 is 1.79 bits per heavy atom. The normalized spacial score (nSPS) is 23.5. The molecule has 2 N–H and O–H groups in total. The molecule has 28 heavy (non-hydrogen) atoms. The number of aliphatic hydroxyl groups is 1. The van der Waals surface area contributed by atoms with E-state index >= 15 is 0 Å². The fraction of sp³-hybridized carbons (Fsp3) is 0.840. The van der Waals surface area contributed by atoms with Gasteiger partial charge in [-0.15, -0.1) is 0 Å². The molecular weight excluding hydrogens is 344 g/mol. The van der Waals surface area contributed by atoms with Crippen LogP contribution in [-0.2, 0) is 0 Å². The van der Waals surface area contributed by atoms with Gasteiger partial charge in [0, 0.05) is 12.6 Å². The number of nitrogens with one attached hydrogen (secondary N) is 1. The highest BCUT2D eigenvalue weighted by atomic mass is 16.3. The molecule has 1 aliphatic carbocycles. The first-order chi connectivity index (χ1) is 13.2. The molecule has 0 aromatic heterocycles. The molecule has 1 fully saturated rings.